The molecule has 4 aromatic rings. The number of hydrogen-bond acceptors (Lipinski definition) is 11. The Morgan fingerprint density at radius 2 is 1.44 bits per heavy atom. The topological polar surface area (TPSA) is 307 Å². The largest absolute Gasteiger partial charge is 0.508 e. The third-order valence-electron chi connectivity index (χ3n) is 12.8. The van der Waals surface area contributed by atoms with Gasteiger partial charge in [0, 0.05) is 43.8 Å². The molecule has 0 unspecified atom stereocenters. The zero-order valence-corrected chi connectivity index (χ0v) is 38.6. The van der Waals surface area contributed by atoms with Crippen LogP contribution in [0, 0.1) is 5.92 Å². The van der Waals surface area contributed by atoms with E-state index in [4.69, 9.17) is 0 Å². The molecule has 2 fully saturated rings. The Bertz CT molecular complexity index is 2640. The van der Waals surface area contributed by atoms with Gasteiger partial charge in [0.05, 0.1) is 12.1 Å². The van der Waals surface area contributed by atoms with Crippen LogP contribution < -0.4 is 37.2 Å². The number of aromatic nitrogens is 1. The smallest absolute Gasteiger partial charge is 0.326 e. The van der Waals surface area contributed by atoms with Crippen LogP contribution in [0.15, 0.2) is 85.1 Å². The molecule has 7 rings (SSSR count). The van der Waals surface area contributed by atoms with Crippen molar-refractivity contribution in [3.8, 4) is 5.75 Å². The molecule has 21 heteroatoms. The fraction of sp³-hybridized carbons (Fsp3) is 0.408. The lowest BCUT2D eigenvalue weighted by molar-refractivity contribution is -0.142. The molecule has 3 aromatic carbocycles. The van der Waals surface area contributed by atoms with Crippen molar-refractivity contribution in [2.24, 2.45) is 5.92 Å². The molecule has 2 bridgehead atoms. The van der Waals surface area contributed by atoms with E-state index in [2.05, 4.69) is 37.2 Å². The number of rotatable bonds is 12. The maximum atomic E-state index is 15.0. The van der Waals surface area contributed by atoms with Gasteiger partial charge in [-0.1, -0.05) is 74.5 Å². The third-order valence-corrected chi connectivity index (χ3v) is 12.8. The van der Waals surface area contributed by atoms with Gasteiger partial charge in [-0.25, -0.2) is 4.79 Å². The fourth-order valence-electron chi connectivity index (χ4n) is 9.04. The van der Waals surface area contributed by atoms with Crippen molar-refractivity contribution >= 4 is 64.1 Å². The summed E-state index contributed by atoms with van der Waals surface area (Å²) in [6.45, 7) is 2.61. The number of aliphatic hydroxyl groups is 1. The number of aromatic hydroxyl groups is 1. The minimum absolute atomic E-state index is 0.0600. The van der Waals surface area contributed by atoms with Gasteiger partial charge in [-0.15, -0.1) is 0 Å². The number of nitrogens with zero attached hydrogens (tertiary/aromatic N) is 2. The van der Waals surface area contributed by atoms with Crippen LogP contribution in [0.5, 0.6) is 5.75 Å². The molecule has 2 saturated heterocycles. The number of carbonyl (C=O) groups excluding carboxylic acids is 8. The summed E-state index contributed by atoms with van der Waals surface area (Å²) in [6.07, 6.45) is 0.245. The highest BCUT2D eigenvalue weighted by Crippen LogP contribution is 2.27. The number of phenolic OH excluding ortho intramolecular Hbond substituents is 1. The van der Waals surface area contributed by atoms with Gasteiger partial charge in [0.2, 0.25) is 41.4 Å². The maximum absolute atomic E-state index is 15.0. The monoisotopic (exact) mass is 963 g/mol. The van der Waals surface area contributed by atoms with Crippen LogP contribution in [-0.2, 0) is 62.4 Å². The second-order valence-corrected chi connectivity index (χ2v) is 18.1. The molecule has 10 N–H and O–H groups in total. The van der Waals surface area contributed by atoms with Gasteiger partial charge in [0.15, 0.2) is 6.17 Å². The van der Waals surface area contributed by atoms with Gasteiger partial charge < -0.3 is 62.0 Å². The molecule has 8 atom stereocenters. The number of nitrogens with one attached hydrogen (secondary N) is 7. The second-order valence-electron chi connectivity index (χ2n) is 18.1. The Labute approximate surface area is 402 Å². The van der Waals surface area contributed by atoms with E-state index in [0.29, 0.717) is 34.0 Å². The lowest BCUT2D eigenvalue weighted by Crippen LogP contribution is -2.60. The van der Waals surface area contributed by atoms with Gasteiger partial charge in [0.25, 0.3) is 5.91 Å². The molecule has 4 heterocycles. The number of amides is 8. The molecule has 0 aliphatic carbocycles. The first-order chi connectivity index (χ1) is 33.5. The fourth-order valence-corrected chi connectivity index (χ4v) is 9.04. The lowest BCUT2D eigenvalue weighted by atomic mass is 10.0. The summed E-state index contributed by atoms with van der Waals surface area (Å²) in [5.74, 6) is -8.07. The standard InChI is InChI=1S/C49H57N9O12/c1-26(2)40-46(66)52-33(21-27-9-4-3-5-10-27)42(62)54-36(25-59)44(64)53-35(49(69)70)23-29-24-58(37-12-7-6-11-31(29)37)41(47(67)55-40)56-43(63)34(22-28-14-16-30(60)17-15-28)51-45(65)38-13-8-20-57(38)48(68)32-18-19-39(61)50-32/h3-7,9-12,14-17,24,26,32-36,38,40-41,59-60H,8,13,18-23,25H2,1-2H3,(H,50,61)(H,51,65)(H,52,66)(H,53,64)(H,54,62)(H,55,67)(H,56,63)(H,69,70)/t32-,33-,34-,35-,36-,38-,40-,41+/m0/s1. The van der Waals surface area contributed by atoms with Crippen molar-refractivity contribution < 1.29 is 58.5 Å². The van der Waals surface area contributed by atoms with Crippen LogP contribution in [0.3, 0.4) is 0 Å². The van der Waals surface area contributed by atoms with Crippen LogP contribution in [0.4, 0.5) is 0 Å². The minimum atomic E-state index is -1.72. The van der Waals surface area contributed by atoms with Gasteiger partial charge in [-0.05, 0) is 60.1 Å². The van der Waals surface area contributed by atoms with E-state index < -0.39 is 108 Å². The van der Waals surface area contributed by atoms with Crippen LogP contribution in [0.2, 0.25) is 0 Å². The summed E-state index contributed by atoms with van der Waals surface area (Å²) < 4.78 is 1.37. The van der Waals surface area contributed by atoms with Crippen LogP contribution >= 0.6 is 0 Å². The van der Waals surface area contributed by atoms with Crippen molar-refractivity contribution in [3.05, 3.63) is 102 Å². The summed E-state index contributed by atoms with van der Waals surface area (Å²) in [5, 5.41) is 49.6. The highest BCUT2D eigenvalue weighted by Gasteiger charge is 2.41. The Balaban J connectivity index is 1.28. The quantitative estimate of drug-likeness (QED) is 0.0855. The second kappa shape index (κ2) is 22.1. The number of carboxylic acids is 1. The molecule has 370 valence electrons. The Kier molecular flexibility index (Phi) is 15.8. The molecule has 0 radical (unpaired) electrons. The number of likely N-dealkylation sites (tertiary alicyclic amines) is 1. The van der Waals surface area contributed by atoms with E-state index in [1.807, 2.05) is 0 Å². The number of benzene rings is 3. The molecule has 0 saturated carbocycles. The Morgan fingerprint density at radius 1 is 0.757 bits per heavy atom. The summed E-state index contributed by atoms with van der Waals surface area (Å²) in [4.78, 5) is 126. The summed E-state index contributed by atoms with van der Waals surface area (Å²) in [6, 6.07) is 11.8. The number of hydrogen-bond donors (Lipinski definition) is 10. The average molecular weight is 964 g/mol. The molecular formula is C49H57N9O12. The van der Waals surface area contributed by atoms with Crippen LogP contribution in [-0.4, -0.2) is 133 Å². The number of phenols is 1. The number of aliphatic carboxylic acids is 1. The zero-order valence-electron chi connectivity index (χ0n) is 38.6. The number of carbonyl (C=O) groups is 9. The normalized spacial score (nSPS) is 23.9. The number of carboxylic acid groups (broad SMARTS) is 1. The Morgan fingerprint density at radius 3 is 2.11 bits per heavy atom. The van der Waals surface area contributed by atoms with Crippen molar-refractivity contribution in [2.45, 2.75) is 107 Å². The Hall–Kier alpha value is -7.81. The van der Waals surface area contributed by atoms with Gasteiger partial charge >= 0.3 is 5.97 Å². The summed E-state index contributed by atoms with van der Waals surface area (Å²) in [7, 11) is 0. The van der Waals surface area contributed by atoms with E-state index in [-0.39, 0.29) is 56.7 Å². The van der Waals surface area contributed by atoms with Crippen LogP contribution in [0.1, 0.15) is 62.4 Å². The van der Waals surface area contributed by atoms with E-state index in [1.54, 1.807) is 80.6 Å². The first kappa shape index (κ1) is 50.1. The van der Waals surface area contributed by atoms with Gasteiger partial charge in [-0.3, -0.25) is 38.4 Å². The number of fused-ring (bicyclic) bond motifs is 5. The molecular weight excluding hydrogens is 907 g/mol. The molecule has 21 nitrogen and oxygen atoms in total. The predicted molar refractivity (Wildman–Crippen MR) is 250 cm³/mol. The first-order valence-corrected chi connectivity index (χ1v) is 23.2. The van der Waals surface area contributed by atoms with Crippen LogP contribution in [0.25, 0.3) is 10.9 Å². The van der Waals surface area contributed by atoms with E-state index in [1.165, 1.54) is 27.8 Å². The number of aliphatic hydroxyl groups excluding tert-OH is 1. The highest BCUT2D eigenvalue weighted by molar-refractivity contribution is 5.99. The third kappa shape index (κ3) is 11.7. The van der Waals surface area contributed by atoms with E-state index in [0.717, 1.165) is 0 Å². The maximum Gasteiger partial charge on any atom is 0.326 e. The molecule has 70 heavy (non-hydrogen) atoms. The summed E-state index contributed by atoms with van der Waals surface area (Å²) in [5.41, 5.74) is 1.72. The van der Waals surface area contributed by atoms with E-state index >= 15 is 0 Å². The van der Waals surface area contributed by atoms with Gasteiger partial charge in [-0.2, -0.15) is 0 Å². The van der Waals surface area contributed by atoms with Crippen molar-refractivity contribution in [1.82, 2.24) is 46.7 Å². The molecule has 0 spiro atoms. The molecule has 8 amide bonds. The van der Waals surface area contributed by atoms with E-state index in [9.17, 15) is 58.5 Å². The predicted octanol–water partition coefficient (Wildman–Crippen LogP) is -0.570. The molecule has 1 aromatic heterocycles. The number of para-hydroxylation sites is 1. The summed E-state index contributed by atoms with van der Waals surface area (Å²) >= 11 is 0. The molecule has 3 aliphatic rings. The van der Waals surface area contributed by atoms with Gasteiger partial charge in [0.1, 0.15) is 48.0 Å². The van der Waals surface area contributed by atoms with Crippen molar-refractivity contribution in [3.63, 3.8) is 0 Å². The lowest BCUT2D eigenvalue weighted by Gasteiger charge is -2.30. The van der Waals surface area contributed by atoms with Crippen molar-refractivity contribution in [2.75, 3.05) is 13.2 Å². The molecule has 3 aliphatic heterocycles. The highest BCUT2D eigenvalue weighted by atomic mass is 16.4. The first-order valence-electron chi connectivity index (χ1n) is 23.2. The zero-order chi connectivity index (χ0) is 50.2. The average Bonchev–Trinajstić information content (AvgIpc) is 4.10. The SMILES string of the molecule is CC(C)[C@@H]1NC(=O)[C@H](NC(=O)[C@H](Cc2ccc(O)cc2)NC(=O)[C@@H]2CCCN2C(=O)[C@@H]2CCC(=O)N2)n2cc(c3ccccc32)C[C@@H](C(=O)O)NC(=O)[C@H](CO)NC(=O)[C@H](Cc2ccccc2)NC1=O. The minimum Gasteiger partial charge on any atom is -0.508 e. The van der Waals surface area contributed by atoms with Crippen molar-refractivity contribution in [1.29, 1.82) is 0 Å².